The summed E-state index contributed by atoms with van der Waals surface area (Å²) < 4.78 is 11.0. The number of carbonyl (C=O) groups is 2. The van der Waals surface area contributed by atoms with Crippen LogP contribution in [-0.2, 0) is 11.4 Å². The molecule has 1 fully saturated rings. The molecular formula is C33H28N4O6. The first kappa shape index (κ1) is 25.6. The highest BCUT2D eigenvalue weighted by molar-refractivity contribution is 6.18. The van der Waals surface area contributed by atoms with E-state index in [1.165, 1.54) is 5.56 Å². The van der Waals surface area contributed by atoms with Gasteiger partial charge in [0.15, 0.2) is 17.3 Å². The molecule has 3 heterocycles. The van der Waals surface area contributed by atoms with Crippen molar-refractivity contribution in [2.75, 3.05) is 48.7 Å². The van der Waals surface area contributed by atoms with Crippen LogP contribution in [0.5, 0.6) is 11.5 Å². The summed E-state index contributed by atoms with van der Waals surface area (Å²) in [5.74, 6) is 0.403. The second kappa shape index (κ2) is 10.0. The number of carboxylic acid groups (broad SMARTS) is 1. The molecule has 4 aliphatic rings. The van der Waals surface area contributed by atoms with Crippen molar-refractivity contribution in [1.82, 2.24) is 4.90 Å². The number of nitrogens with one attached hydrogen (secondary N) is 2. The molecule has 0 saturated carbocycles. The minimum atomic E-state index is -1.05. The van der Waals surface area contributed by atoms with Crippen LogP contribution in [0.2, 0.25) is 0 Å². The summed E-state index contributed by atoms with van der Waals surface area (Å²) in [5.41, 5.74) is 9.78. The standard InChI is InChI=1S/C33H28N4O6/c38-31-20-5-1-2-6-21(20)32-29-28(31)24(34-23-8-4-3-7-22(23)33(39)40)16-25(30(29)35-43-32)37-13-11-36(12-14-37)17-19-9-10-26-27(15-19)42-18-41-26/h1-10,15-16,32,34-35H,11-14,17-18H2,(H,39,40). The van der Waals surface area contributed by atoms with E-state index in [1.54, 1.807) is 24.3 Å². The van der Waals surface area contributed by atoms with Crippen LogP contribution < -0.4 is 25.2 Å². The number of hydrogen-bond acceptors (Lipinski definition) is 9. The van der Waals surface area contributed by atoms with Crippen LogP contribution in [0, 0.1) is 0 Å². The molecule has 4 aromatic carbocycles. The molecule has 43 heavy (non-hydrogen) atoms. The smallest absolute Gasteiger partial charge is 0.337 e. The fraction of sp³-hybridized carbons (Fsp3) is 0.212. The fourth-order valence-electron chi connectivity index (χ4n) is 6.48. The second-order valence-electron chi connectivity index (χ2n) is 11.0. The van der Waals surface area contributed by atoms with Crippen LogP contribution in [0.1, 0.15) is 49.1 Å². The highest BCUT2D eigenvalue weighted by Gasteiger charge is 2.42. The van der Waals surface area contributed by atoms with Crippen molar-refractivity contribution in [3.63, 3.8) is 0 Å². The normalized spacial score (nSPS) is 18.2. The minimum Gasteiger partial charge on any atom is -0.478 e. The number of carboxylic acids is 1. The predicted molar refractivity (Wildman–Crippen MR) is 160 cm³/mol. The van der Waals surface area contributed by atoms with E-state index in [4.69, 9.17) is 14.3 Å². The van der Waals surface area contributed by atoms with Crippen LogP contribution >= 0.6 is 0 Å². The molecule has 10 heteroatoms. The van der Waals surface area contributed by atoms with Crippen LogP contribution in [-0.4, -0.2) is 54.7 Å². The zero-order valence-electron chi connectivity index (χ0n) is 23.1. The number of aromatic carboxylic acids is 1. The van der Waals surface area contributed by atoms with Gasteiger partial charge in [-0.05, 0) is 41.5 Å². The third-order valence-corrected chi connectivity index (χ3v) is 8.58. The molecule has 3 N–H and O–H groups in total. The highest BCUT2D eigenvalue weighted by atomic mass is 16.7. The molecule has 1 atom stereocenters. The minimum absolute atomic E-state index is 0.120. The number of anilines is 4. The summed E-state index contributed by atoms with van der Waals surface area (Å²) in [6, 6.07) is 22.2. The van der Waals surface area contributed by atoms with Gasteiger partial charge in [0, 0.05) is 43.9 Å². The van der Waals surface area contributed by atoms with Crippen LogP contribution in [0.15, 0.2) is 72.8 Å². The molecule has 4 aromatic rings. The summed E-state index contributed by atoms with van der Waals surface area (Å²) in [6.07, 6.45) is -0.457. The van der Waals surface area contributed by atoms with Crippen molar-refractivity contribution in [2.24, 2.45) is 0 Å². The molecule has 8 rings (SSSR count). The lowest BCUT2D eigenvalue weighted by Crippen LogP contribution is -2.46. The fourth-order valence-corrected chi connectivity index (χ4v) is 6.48. The Bertz CT molecular complexity index is 1800. The van der Waals surface area contributed by atoms with E-state index in [-0.39, 0.29) is 18.1 Å². The maximum Gasteiger partial charge on any atom is 0.337 e. The van der Waals surface area contributed by atoms with Crippen molar-refractivity contribution in [2.45, 2.75) is 12.6 Å². The van der Waals surface area contributed by atoms with E-state index in [9.17, 15) is 14.7 Å². The third kappa shape index (κ3) is 4.26. The predicted octanol–water partition coefficient (Wildman–Crippen LogP) is 5.17. The summed E-state index contributed by atoms with van der Waals surface area (Å²) in [7, 11) is 0. The van der Waals surface area contributed by atoms with Crippen LogP contribution in [0.4, 0.5) is 22.7 Å². The Hall–Kier alpha value is -5.06. The first-order valence-corrected chi connectivity index (χ1v) is 14.3. The van der Waals surface area contributed by atoms with Crippen LogP contribution in [0.3, 0.4) is 0 Å². The van der Waals surface area contributed by atoms with Gasteiger partial charge in [0.1, 0.15) is 6.10 Å². The van der Waals surface area contributed by atoms with E-state index in [0.717, 1.165) is 66.7 Å². The number of fused-ring (bicyclic) bond motifs is 3. The number of piperazine rings is 1. The third-order valence-electron chi connectivity index (χ3n) is 8.58. The van der Waals surface area contributed by atoms with Gasteiger partial charge in [0.25, 0.3) is 0 Å². The van der Waals surface area contributed by atoms with Crippen LogP contribution in [0.25, 0.3) is 0 Å². The molecule has 0 radical (unpaired) electrons. The zero-order chi connectivity index (χ0) is 29.1. The lowest BCUT2D eigenvalue weighted by atomic mass is 9.81. The monoisotopic (exact) mass is 576 g/mol. The SMILES string of the molecule is O=C(O)c1ccccc1Nc1cc(N2CCN(Cc3ccc4c(c3)OCO4)CC2)c2c3c1C(=O)c1ccccc1C3ON2. The van der Waals surface area contributed by atoms with Gasteiger partial charge in [0.05, 0.1) is 33.9 Å². The number of para-hydroxylation sites is 1. The number of benzene rings is 4. The van der Waals surface area contributed by atoms with Gasteiger partial charge >= 0.3 is 5.97 Å². The Kier molecular flexibility index (Phi) is 5.99. The van der Waals surface area contributed by atoms with Gasteiger partial charge in [-0.1, -0.05) is 42.5 Å². The van der Waals surface area contributed by atoms with Crippen molar-refractivity contribution in [1.29, 1.82) is 0 Å². The average molecular weight is 577 g/mol. The van der Waals surface area contributed by atoms with E-state index < -0.39 is 12.1 Å². The quantitative estimate of drug-likeness (QED) is 0.284. The Morgan fingerprint density at radius 2 is 1.72 bits per heavy atom. The summed E-state index contributed by atoms with van der Waals surface area (Å²) in [6.45, 7) is 4.25. The number of carbonyl (C=O) groups excluding carboxylic acids is 1. The lowest BCUT2D eigenvalue weighted by Gasteiger charge is -2.37. The first-order chi connectivity index (χ1) is 21.0. The molecule has 0 aromatic heterocycles. The van der Waals surface area contributed by atoms with Gasteiger partial charge in [-0.3, -0.25) is 20.0 Å². The number of ether oxygens (including phenoxy) is 2. The number of ketones is 1. The summed E-state index contributed by atoms with van der Waals surface area (Å²) in [5, 5.41) is 13.1. The Labute approximate surface area is 247 Å². The summed E-state index contributed by atoms with van der Waals surface area (Å²) in [4.78, 5) is 36.8. The van der Waals surface area contributed by atoms with Crippen molar-refractivity contribution >= 4 is 34.5 Å². The molecule has 0 bridgehead atoms. The van der Waals surface area contributed by atoms with Gasteiger partial charge in [0.2, 0.25) is 6.79 Å². The number of nitrogens with zero attached hydrogens (tertiary/aromatic N) is 2. The average Bonchev–Trinajstić information content (AvgIpc) is 3.68. The van der Waals surface area contributed by atoms with Crippen molar-refractivity contribution < 1.29 is 29.0 Å². The molecule has 216 valence electrons. The Morgan fingerprint density at radius 3 is 2.58 bits per heavy atom. The Balaban J connectivity index is 1.14. The van der Waals surface area contributed by atoms with E-state index in [2.05, 4.69) is 26.7 Å². The molecule has 3 aliphatic heterocycles. The topological polar surface area (TPSA) is 113 Å². The van der Waals surface area contributed by atoms with Gasteiger partial charge in [-0.2, -0.15) is 0 Å². The molecule has 0 spiro atoms. The van der Waals surface area contributed by atoms with Gasteiger partial charge in [-0.25, -0.2) is 4.79 Å². The van der Waals surface area contributed by atoms with Gasteiger partial charge < -0.3 is 24.8 Å². The molecule has 10 nitrogen and oxygen atoms in total. The Morgan fingerprint density at radius 1 is 0.930 bits per heavy atom. The highest BCUT2D eigenvalue weighted by Crippen LogP contribution is 2.52. The van der Waals surface area contributed by atoms with E-state index >= 15 is 0 Å². The lowest BCUT2D eigenvalue weighted by molar-refractivity contribution is 0.0697. The maximum atomic E-state index is 14.0. The molecular weight excluding hydrogens is 548 g/mol. The number of hydrogen-bond donors (Lipinski definition) is 3. The molecule has 1 unspecified atom stereocenters. The van der Waals surface area contributed by atoms with Crippen molar-refractivity contribution in [3.05, 3.63) is 106 Å². The second-order valence-corrected chi connectivity index (χ2v) is 11.0. The van der Waals surface area contributed by atoms with E-state index in [1.807, 2.05) is 42.5 Å². The van der Waals surface area contributed by atoms with Crippen molar-refractivity contribution in [3.8, 4) is 11.5 Å². The zero-order valence-corrected chi connectivity index (χ0v) is 23.1. The molecule has 1 aliphatic carbocycles. The summed E-state index contributed by atoms with van der Waals surface area (Å²) >= 11 is 0. The van der Waals surface area contributed by atoms with Gasteiger partial charge in [-0.15, -0.1) is 0 Å². The maximum absolute atomic E-state index is 14.0. The number of rotatable bonds is 6. The first-order valence-electron chi connectivity index (χ1n) is 14.3. The molecule has 1 saturated heterocycles. The molecule has 0 amide bonds. The van der Waals surface area contributed by atoms with E-state index in [0.29, 0.717) is 22.5 Å². The largest absolute Gasteiger partial charge is 0.478 e.